The number of pyridine rings is 1. The van der Waals surface area contributed by atoms with E-state index in [-0.39, 0.29) is 11.8 Å². The first-order valence-corrected chi connectivity index (χ1v) is 7.53. The minimum Gasteiger partial charge on any atom is -0.303 e. The summed E-state index contributed by atoms with van der Waals surface area (Å²) in [6, 6.07) is 12.2. The summed E-state index contributed by atoms with van der Waals surface area (Å²) in [5.41, 5.74) is 4.64. The van der Waals surface area contributed by atoms with Crippen LogP contribution in [0.4, 0.5) is 0 Å². The minimum absolute atomic E-state index is 0.0902. The largest absolute Gasteiger partial charge is 0.303 e. The van der Waals surface area contributed by atoms with Crippen molar-refractivity contribution in [3.8, 4) is 0 Å². The second-order valence-electron chi connectivity index (χ2n) is 5.56. The standard InChI is InChI=1S/C18H20N2O/c1-2-13-7-8-16(19-11-13)10-18(21)17-9-14-5-3-4-6-15(14)12-20-17/h3-8,11,17,20H,2,9-10,12H2,1H3. The molecule has 108 valence electrons. The number of aryl methyl sites for hydroxylation is 1. The van der Waals surface area contributed by atoms with Crippen LogP contribution in [0, 0.1) is 0 Å². The van der Waals surface area contributed by atoms with Crippen molar-refractivity contribution >= 4 is 5.78 Å². The summed E-state index contributed by atoms with van der Waals surface area (Å²) in [6.07, 6.45) is 4.03. The number of benzene rings is 1. The maximum Gasteiger partial charge on any atom is 0.156 e. The van der Waals surface area contributed by atoms with Crippen molar-refractivity contribution < 1.29 is 4.79 Å². The highest BCUT2D eigenvalue weighted by Crippen LogP contribution is 2.17. The topological polar surface area (TPSA) is 42.0 Å². The Morgan fingerprint density at radius 2 is 2.05 bits per heavy atom. The summed E-state index contributed by atoms with van der Waals surface area (Å²) in [5, 5.41) is 3.34. The highest BCUT2D eigenvalue weighted by Gasteiger charge is 2.23. The van der Waals surface area contributed by atoms with E-state index in [9.17, 15) is 4.79 Å². The van der Waals surface area contributed by atoms with E-state index in [0.29, 0.717) is 6.42 Å². The second-order valence-corrected chi connectivity index (χ2v) is 5.56. The molecule has 1 atom stereocenters. The van der Waals surface area contributed by atoms with Crippen molar-refractivity contribution in [2.75, 3.05) is 0 Å². The van der Waals surface area contributed by atoms with Crippen molar-refractivity contribution in [1.82, 2.24) is 10.3 Å². The quantitative estimate of drug-likeness (QED) is 0.935. The van der Waals surface area contributed by atoms with Gasteiger partial charge in [0.15, 0.2) is 5.78 Å². The molecule has 3 heteroatoms. The zero-order chi connectivity index (χ0) is 14.7. The van der Waals surface area contributed by atoms with Gasteiger partial charge in [0.25, 0.3) is 0 Å². The van der Waals surface area contributed by atoms with Crippen LogP contribution in [0.2, 0.25) is 0 Å². The molecule has 21 heavy (non-hydrogen) atoms. The molecule has 2 aromatic rings. The summed E-state index contributed by atoms with van der Waals surface area (Å²) < 4.78 is 0. The normalized spacial score (nSPS) is 17.3. The molecule has 3 rings (SSSR count). The molecule has 0 saturated heterocycles. The van der Waals surface area contributed by atoms with Gasteiger partial charge in [0.2, 0.25) is 0 Å². The maximum atomic E-state index is 12.4. The van der Waals surface area contributed by atoms with Crippen LogP contribution in [0.1, 0.15) is 29.3 Å². The number of hydrogen-bond donors (Lipinski definition) is 1. The zero-order valence-corrected chi connectivity index (χ0v) is 12.3. The molecule has 2 heterocycles. The van der Waals surface area contributed by atoms with Gasteiger partial charge in [-0.05, 0) is 35.6 Å². The van der Waals surface area contributed by atoms with E-state index in [2.05, 4.69) is 35.4 Å². The molecular weight excluding hydrogens is 260 g/mol. The number of carbonyl (C=O) groups is 1. The highest BCUT2D eigenvalue weighted by molar-refractivity contribution is 5.86. The van der Waals surface area contributed by atoms with Crippen LogP contribution in [0.25, 0.3) is 0 Å². The number of hydrogen-bond acceptors (Lipinski definition) is 3. The minimum atomic E-state index is -0.0902. The van der Waals surface area contributed by atoms with E-state index >= 15 is 0 Å². The van der Waals surface area contributed by atoms with Crippen molar-refractivity contribution in [2.24, 2.45) is 0 Å². The summed E-state index contributed by atoms with van der Waals surface area (Å²) in [5.74, 6) is 0.223. The Bertz CT molecular complexity index is 634. The van der Waals surface area contributed by atoms with Crippen molar-refractivity contribution in [2.45, 2.75) is 38.8 Å². The number of rotatable bonds is 4. The molecule has 0 fully saturated rings. The Morgan fingerprint density at radius 1 is 1.24 bits per heavy atom. The monoisotopic (exact) mass is 280 g/mol. The average molecular weight is 280 g/mol. The van der Waals surface area contributed by atoms with Crippen molar-refractivity contribution in [1.29, 1.82) is 0 Å². The van der Waals surface area contributed by atoms with Gasteiger partial charge in [-0.1, -0.05) is 37.3 Å². The summed E-state index contributed by atoms with van der Waals surface area (Å²) in [6.45, 7) is 2.88. The van der Waals surface area contributed by atoms with E-state index in [0.717, 1.165) is 25.1 Å². The molecule has 3 nitrogen and oxygen atoms in total. The van der Waals surface area contributed by atoms with Gasteiger partial charge < -0.3 is 5.32 Å². The number of carbonyl (C=O) groups excluding carboxylic acids is 1. The third-order valence-corrected chi connectivity index (χ3v) is 4.12. The lowest BCUT2D eigenvalue weighted by Crippen LogP contribution is -2.42. The molecule has 0 amide bonds. The predicted octanol–water partition coefficient (Wildman–Crippen LogP) is 2.47. The van der Waals surface area contributed by atoms with Crippen LogP contribution in [0.5, 0.6) is 0 Å². The number of nitrogens with one attached hydrogen (secondary N) is 1. The van der Waals surface area contributed by atoms with Gasteiger partial charge in [-0.25, -0.2) is 0 Å². The number of Topliss-reactive ketones (excluding diaryl/α,β-unsaturated/α-hetero) is 1. The second kappa shape index (κ2) is 6.19. The Labute approximate surface area is 125 Å². The number of fused-ring (bicyclic) bond motifs is 1. The van der Waals surface area contributed by atoms with E-state index in [1.165, 1.54) is 16.7 Å². The molecule has 1 unspecified atom stereocenters. The lowest BCUT2D eigenvalue weighted by Gasteiger charge is -2.25. The Balaban J connectivity index is 1.66. The summed E-state index contributed by atoms with van der Waals surface area (Å²) in [4.78, 5) is 16.8. The smallest absolute Gasteiger partial charge is 0.156 e. The van der Waals surface area contributed by atoms with E-state index in [1.54, 1.807) is 0 Å². The van der Waals surface area contributed by atoms with Crippen LogP contribution in [-0.2, 0) is 30.6 Å². The van der Waals surface area contributed by atoms with Crippen LogP contribution >= 0.6 is 0 Å². The van der Waals surface area contributed by atoms with Gasteiger partial charge in [0, 0.05) is 18.4 Å². The van der Waals surface area contributed by atoms with Crippen LogP contribution in [0.15, 0.2) is 42.6 Å². The molecule has 0 bridgehead atoms. The molecule has 1 aliphatic heterocycles. The van der Waals surface area contributed by atoms with Gasteiger partial charge in [0.1, 0.15) is 0 Å². The molecule has 0 saturated carbocycles. The highest BCUT2D eigenvalue weighted by atomic mass is 16.1. The number of aromatic nitrogens is 1. The van der Waals surface area contributed by atoms with Gasteiger partial charge >= 0.3 is 0 Å². The molecule has 1 aliphatic rings. The lowest BCUT2D eigenvalue weighted by atomic mass is 9.92. The summed E-state index contributed by atoms with van der Waals surface area (Å²) in [7, 11) is 0. The third-order valence-electron chi connectivity index (χ3n) is 4.12. The Morgan fingerprint density at radius 3 is 2.76 bits per heavy atom. The van der Waals surface area contributed by atoms with Gasteiger partial charge in [-0.3, -0.25) is 9.78 Å². The molecular formula is C18H20N2O. The van der Waals surface area contributed by atoms with E-state index in [4.69, 9.17) is 0 Å². The van der Waals surface area contributed by atoms with Crippen LogP contribution < -0.4 is 5.32 Å². The van der Waals surface area contributed by atoms with Crippen LogP contribution in [0.3, 0.4) is 0 Å². The Hall–Kier alpha value is -2.00. The lowest BCUT2D eigenvalue weighted by molar-refractivity contribution is -0.120. The fraction of sp³-hybridized carbons (Fsp3) is 0.333. The van der Waals surface area contributed by atoms with Gasteiger partial charge in [0.05, 0.1) is 12.5 Å². The molecule has 1 aromatic heterocycles. The fourth-order valence-corrected chi connectivity index (χ4v) is 2.75. The van der Waals surface area contributed by atoms with Crippen LogP contribution in [-0.4, -0.2) is 16.8 Å². The Kier molecular flexibility index (Phi) is 4.11. The fourth-order valence-electron chi connectivity index (χ4n) is 2.75. The van der Waals surface area contributed by atoms with E-state index in [1.807, 2.05) is 24.4 Å². The molecule has 1 N–H and O–H groups in total. The van der Waals surface area contributed by atoms with E-state index < -0.39 is 0 Å². The zero-order valence-electron chi connectivity index (χ0n) is 12.3. The first-order valence-electron chi connectivity index (χ1n) is 7.53. The number of nitrogens with zero attached hydrogens (tertiary/aromatic N) is 1. The van der Waals surface area contributed by atoms with Crippen molar-refractivity contribution in [3.63, 3.8) is 0 Å². The molecule has 0 radical (unpaired) electrons. The van der Waals surface area contributed by atoms with Gasteiger partial charge in [-0.2, -0.15) is 0 Å². The maximum absolute atomic E-state index is 12.4. The first-order chi connectivity index (χ1) is 10.3. The number of ketones is 1. The SMILES string of the molecule is CCc1ccc(CC(=O)C2Cc3ccccc3CN2)nc1. The van der Waals surface area contributed by atoms with Gasteiger partial charge in [-0.15, -0.1) is 0 Å². The third kappa shape index (κ3) is 3.19. The molecule has 0 aliphatic carbocycles. The summed E-state index contributed by atoms with van der Waals surface area (Å²) >= 11 is 0. The van der Waals surface area contributed by atoms with Crippen molar-refractivity contribution in [3.05, 3.63) is 65.0 Å². The predicted molar refractivity (Wildman–Crippen MR) is 83.1 cm³/mol. The average Bonchev–Trinajstić information content (AvgIpc) is 2.55. The first kappa shape index (κ1) is 14.0. The molecule has 1 aromatic carbocycles. The molecule has 0 spiro atoms.